The lowest BCUT2D eigenvalue weighted by molar-refractivity contribution is -0.151. The zero-order chi connectivity index (χ0) is 9.90. The molecule has 1 aliphatic rings. The number of nitriles is 1. The predicted molar refractivity (Wildman–Crippen MR) is 46.8 cm³/mol. The van der Waals surface area contributed by atoms with E-state index < -0.39 is 5.41 Å². The van der Waals surface area contributed by atoms with Crippen LogP contribution in [0.2, 0.25) is 0 Å². The Morgan fingerprint density at radius 3 is 2.85 bits per heavy atom. The second-order valence-electron chi connectivity index (χ2n) is 3.40. The highest BCUT2D eigenvalue weighted by atomic mass is 16.5. The first-order valence-corrected chi connectivity index (χ1v) is 4.41. The Balaban J connectivity index is 2.72. The first-order valence-electron chi connectivity index (χ1n) is 4.41. The van der Waals surface area contributed by atoms with E-state index in [0.717, 1.165) is 6.54 Å². The maximum absolute atomic E-state index is 11.5. The number of carbonyl (C=O) groups is 1. The molecule has 0 aromatic rings. The molecule has 1 atom stereocenters. The lowest BCUT2D eigenvalue weighted by Crippen LogP contribution is -2.34. The van der Waals surface area contributed by atoms with Crippen molar-refractivity contribution in [3.8, 4) is 6.07 Å². The third-order valence-corrected chi connectivity index (χ3v) is 2.34. The van der Waals surface area contributed by atoms with Gasteiger partial charge < -0.3 is 9.64 Å². The molecular formula is C9H14N2O2. The van der Waals surface area contributed by atoms with Crippen LogP contribution in [0.15, 0.2) is 0 Å². The van der Waals surface area contributed by atoms with Crippen LogP contribution in [0, 0.1) is 16.7 Å². The van der Waals surface area contributed by atoms with Crippen LogP contribution in [0.25, 0.3) is 0 Å². The van der Waals surface area contributed by atoms with Crippen LogP contribution in [0.3, 0.4) is 0 Å². The van der Waals surface area contributed by atoms with E-state index in [2.05, 4.69) is 6.07 Å². The van der Waals surface area contributed by atoms with Crippen LogP contribution in [0.1, 0.15) is 13.3 Å². The number of carbonyl (C=O) groups excluding carboxylic acids is 1. The molecule has 0 aromatic heterocycles. The second kappa shape index (κ2) is 3.75. The standard InChI is InChI=1S/C9H14N2O2/c1-3-13-8(12)9(6-10)4-5-11(2)7-9/h3-5,7H2,1-2H3. The molecule has 0 N–H and O–H groups in total. The molecule has 1 aliphatic heterocycles. The minimum absolute atomic E-state index is 0.339. The molecule has 1 saturated heterocycles. The van der Waals surface area contributed by atoms with Gasteiger partial charge in [-0.1, -0.05) is 0 Å². The molecule has 1 fully saturated rings. The smallest absolute Gasteiger partial charge is 0.327 e. The second-order valence-corrected chi connectivity index (χ2v) is 3.40. The quantitative estimate of drug-likeness (QED) is 0.580. The average molecular weight is 182 g/mol. The zero-order valence-corrected chi connectivity index (χ0v) is 8.04. The molecule has 72 valence electrons. The predicted octanol–water partition coefficient (Wildman–Crippen LogP) is 0.395. The summed E-state index contributed by atoms with van der Waals surface area (Å²) in [5.41, 5.74) is -0.912. The Labute approximate surface area is 78.1 Å². The molecule has 4 nitrogen and oxygen atoms in total. The fraction of sp³-hybridized carbons (Fsp3) is 0.778. The van der Waals surface area contributed by atoms with Gasteiger partial charge in [-0.25, -0.2) is 0 Å². The van der Waals surface area contributed by atoms with Crippen molar-refractivity contribution in [1.29, 1.82) is 5.26 Å². The van der Waals surface area contributed by atoms with Gasteiger partial charge in [-0.05, 0) is 20.4 Å². The Morgan fingerprint density at radius 1 is 1.77 bits per heavy atom. The van der Waals surface area contributed by atoms with Gasteiger partial charge in [0, 0.05) is 13.1 Å². The van der Waals surface area contributed by atoms with Gasteiger partial charge in [-0.3, -0.25) is 4.79 Å². The minimum Gasteiger partial charge on any atom is -0.465 e. The highest BCUT2D eigenvalue weighted by Crippen LogP contribution is 2.30. The summed E-state index contributed by atoms with van der Waals surface area (Å²) in [4.78, 5) is 13.4. The number of ether oxygens (including phenoxy) is 1. The third-order valence-electron chi connectivity index (χ3n) is 2.34. The molecule has 4 heteroatoms. The number of esters is 1. The van der Waals surface area contributed by atoms with Crippen LogP contribution in [-0.2, 0) is 9.53 Å². The van der Waals surface area contributed by atoms with E-state index in [9.17, 15) is 4.79 Å². The van der Waals surface area contributed by atoms with Crippen LogP contribution in [-0.4, -0.2) is 37.6 Å². The monoisotopic (exact) mass is 182 g/mol. The normalized spacial score (nSPS) is 28.4. The van der Waals surface area contributed by atoms with Gasteiger partial charge in [0.25, 0.3) is 0 Å². The van der Waals surface area contributed by atoms with Crippen molar-refractivity contribution in [3.05, 3.63) is 0 Å². The summed E-state index contributed by atoms with van der Waals surface area (Å²) in [6.07, 6.45) is 0.582. The molecule has 1 rings (SSSR count). The van der Waals surface area contributed by atoms with Crippen molar-refractivity contribution in [2.75, 3.05) is 26.7 Å². The number of rotatable bonds is 2. The maximum atomic E-state index is 11.5. The van der Waals surface area contributed by atoms with Gasteiger partial charge >= 0.3 is 5.97 Å². The van der Waals surface area contributed by atoms with Crippen molar-refractivity contribution in [2.24, 2.45) is 5.41 Å². The molecule has 0 spiro atoms. The van der Waals surface area contributed by atoms with Crippen molar-refractivity contribution in [1.82, 2.24) is 4.90 Å². The van der Waals surface area contributed by atoms with E-state index in [1.807, 2.05) is 11.9 Å². The van der Waals surface area contributed by atoms with E-state index in [1.54, 1.807) is 6.92 Å². The zero-order valence-electron chi connectivity index (χ0n) is 8.04. The number of hydrogen-bond acceptors (Lipinski definition) is 4. The lowest BCUT2D eigenvalue weighted by atomic mass is 9.89. The maximum Gasteiger partial charge on any atom is 0.327 e. The van der Waals surface area contributed by atoms with Gasteiger partial charge in [0.15, 0.2) is 5.41 Å². The van der Waals surface area contributed by atoms with Crippen molar-refractivity contribution in [2.45, 2.75) is 13.3 Å². The van der Waals surface area contributed by atoms with Crippen molar-refractivity contribution >= 4 is 5.97 Å². The molecule has 0 amide bonds. The highest BCUT2D eigenvalue weighted by Gasteiger charge is 2.45. The van der Waals surface area contributed by atoms with E-state index in [-0.39, 0.29) is 5.97 Å². The van der Waals surface area contributed by atoms with Gasteiger partial charge in [-0.2, -0.15) is 5.26 Å². The Hall–Kier alpha value is -1.08. The van der Waals surface area contributed by atoms with Crippen molar-refractivity contribution < 1.29 is 9.53 Å². The lowest BCUT2D eigenvalue weighted by Gasteiger charge is -2.17. The molecule has 1 heterocycles. The molecular weight excluding hydrogens is 168 g/mol. The number of hydrogen-bond donors (Lipinski definition) is 0. The molecule has 1 unspecified atom stereocenters. The van der Waals surface area contributed by atoms with E-state index in [4.69, 9.17) is 10.00 Å². The van der Waals surface area contributed by atoms with Crippen LogP contribution < -0.4 is 0 Å². The van der Waals surface area contributed by atoms with Crippen molar-refractivity contribution in [3.63, 3.8) is 0 Å². The van der Waals surface area contributed by atoms with Gasteiger partial charge in [0.2, 0.25) is 0 Å². The molecule has 0 aromatic carbocycles. The SMILES string of the molecule is CCOC(=O)C1(C#N)CCN(C)C1. The molecule has 13 heavy (non-hydrogen) atoms. The molecule has 0 bridgehead atoms. The van der Waals surface area contributed by atoms with E-state index in [1.165, 1.54) is 0 Å². The van der Waals surface area contributed by atoms with E-state index >= 15 is 0 Å². The summed E-state index contributed by atoms with van der Waals surface area (Å²) in [7, 11) is 1.90. The summed E-state index contributed by atoms with van der Waals surface area (Å²) in [6.45, 7) is 3.36. The Bertz CT molecular complexity index is 246. The van der Waals surface area contributed by atoms with Crippen LogP contribution in [0.5, 0.6) is 0 Å². The summed E-state index contributed by atoms with van der Waals surface area (Å²) in [6, 6.07) is 2.08. The van der Waals surface area contributed by atoms with E-state index in [0.29, 0.717) is 19.6 Å². The Morgan fingerprint density at radius 2 is 2.46 bits per heavy atom. The topological polar surface area (TPSA) is 53.3 Å². The van der Waals surface area contributed by atoms with Gasteiger partial charge in [-0.15, -0.1) is 0 Å². The Kier molecular flexibility index (Phi) is 2.89. The van der Waals surface area contributed by atoms with Crippen LogP contribution in [0.4, 0.5) is 0 Å². The summed E-state index contributed by atoms with van der Waals surface area (Å²) < 4.78 is 4.88. The fourth-order valence-electron chi connectivity index (χ4n) is 1.57. The minimum atomic E-state index is -0.912. The summed E-state index contributed by atoms with van der Waals surface area (Å²) >= 11 is 0. The summed E-state index contributed by atoms with van der Waals surface area (Å²) in [5.74, 6) is -0.373. The number of nitrogens with zero attached hydrogens (tertiary/aromatic N) is 2. The largest absolute Gasteiger partial charge is 0.465 e. The van der Waals surface area contributed by atoms with Gasteiger partial charge in [0.05, 0.1) is 12.7 Å². The summed E-state index contributed by atoms with van der Waals surface area (Å²) in [5, 5.41) is 8.95. The molecule has 0 saturated carbocycles. The first kappa shape index (κ1) is 10.0. The fourth-order valence-corrected chi connectivity index (χ4v) is 1.57. The first-order chi connectivity index (χ1) is 6.14. The molecule has 0 aliphatic carbocycles. The number of likely N-dealkylation sites (tertiary alicyclic amines) is 1. The molecule has 0 radical (unpaired) electrons. The highest BCUT2D eigenvalue weighted by molar-refractivity contribution is 5.80. The van der Waals surface area contributed by atoms with Gasteiger partial charge in [0.1, 0.15) is 0 Å². The third kappa shape index (κ3) is 1.81. The van der Waals surface area contributed by atoms with Crippen LogP contribution >= 0.6 is 0 Å². The average Bonchev–Trinajstić information content (AvgIpc) is 2.49.